The Balaban J connectivity index is 3.70. The molecule has 3 heteroatoms. The van der Waals surface area contributed by atoms with E-state index < -0.39 is 6.10 Å². The number of hydrogen-bond donors (Lipinski definition) is 1. The van der Waals surface area contributed by atoms with Gasteiger partial charge >= 0.3 is 0 Å². The van der Waals surface area contributed by atoms with Gasteiger partial charge in [0.2, 0.25) is 0 Å². The van der Waals surface area contributed by atoms with Crippen LogP contribution in [0.1, 0.15) is 26.7 Å². The predicted molar refractivity (Wildman–Crippen MR) is 42.2 cm³/mol. The second-order valence-corrected chi connectivity index (χ2v) is 2.68. The standard InChI is InChI=1S/C8H14O3/c1-6(2)8(11-10)5-4-7(3)9/h8,10H,1,4-5H2,2-3H3. The van der Waals surface area contributed by atoms with Gasteiger partial charge in [0.05, 0.1) is 0 Å². The number of ketones is 1. The lowest BCUT2D eigenvalue weighted by molar-refractivity contribution is -0.269. The van der Waals surface area contributed by atoms with Crippen molar-refractivity contribution in [2.75, 3.05) is 0 Å². The van der Waals surface area contributed by atoms with Crippen LogP contribution in [0.5, 0.6) is 0 Å². The Bertz CT molecular complexity index is 151. The van der Waals surface area contributed by atoms with E-state index in [1.54, 1.807) is 6.92 Å². The van der Waals surface area contributed by atoms with Crippen molar-refractivity contribution in [1.29, 1.82) is 0 Å². The normalized spacial score (nSPS) is 12.6. The summed E-state index contributed by atoms with van der Waals surface area (Å²) in [6.45, 7) is 6.87. The molecule has 11 heavy (non-hydrogen) atoms. The second-order valence-electron chi connectivity index (χ2n) is 2.68. The molecule has 0 radical (unpaired) electrons. The molecule has 0 aliphatic heterocycles. The van der Waals surface area contributed by atoms with Gasteiger partial charge in [-0.25, -0.2) is 4.89 Å². The van der Waals surface area contributed by atoms with Crippen LogP contribution in [0.3, 0.4) is 0 Å². The molecular formula is C8H14O3. The fourth-order valence-corrected chi connectivity index (χ4v) is 0.723. The van der Waals surface area contributed by atoms with Crippen LogP contribution in [0.15, 0.2) is 12.2 Å². The smallest absolute Gasteiger partial charge is 0.129 e. The van der Waals surface area contributed by atoms with Gasteiger partial charge in [0, 0.05) is 6.42 Å². The summed E-state index contributed by atoms with van der Waals surface area (Å²) in [4.78, 5) is 14.6. The maximum Gasteiger partial charge on any atom is 0.129 e. The third kappa shape index (κ3) is 4.70. The zero-order valence-corrected chi connectivity index (χ0v) is 6.96. The van der Waals surface area contributed by atoms with Crippen molar-refractivity contribution in [3.63, 3.8) is 0 Å². The molecule has 0 rings (SSSR count). The first kappa shape index (κ1) is 10.3. The largest absolute Gasteiger partial charge is 0.300 e. The first-order chi connectivity index (χ1) is 5.07. The van der Waals surface area contributed by atoms with E-state index in [1.165, 1.54) is 6.92 Å². The molecule has 1 unspecified atom stereocenters. The van der Waals surface area contributed by atoms with E-state index in [4.69, 9.17) is 5.26 Å². The molecule has 0 bridgehead atoms. The van der Waals surface area contributed by atoms with Gasteiger partial charge in [-0.1, -0.05) is 6.58 Å². The molecule has 64 valence electrons. The van der Waals surface area contributed by atoms with Gasteiger partial charge in [-0.05, 0) is 25.8 Å². The third-order valence-corrected chi connectivity index (χ3v) is 1.44. The minimum atomic E-state index is -0.404. The minimum absolute atomic E-state index is 0.0910. The Morgan fingerprint density at radius 3 is 2.45 bits per heavy atom. The van der Waals surface area contributed by atoms with Crippen molar-refractivity contribution in [3.05, 3.63) is 12.2 Å². The highest BCUT2D eigenvalue weighted by atomic mass is 17.1. The molecule has 0 aromatic heterocycles. The van der Waals surface area contributed by atoms with Crippen LogP contribution in [0.25, 0.3) is 0 Å². The number of carbonyl (C=O) groups is 1. The molecule has 0 aromatic rings. The Morgan fingerprint density at radius 1 is 1.64 bits per heavy atom. The zero-order valence-electron chi connectivity index (χ0n) is 6.96. The monoisotopic (exact) mass is 158 g/mol. The molecule has 0 fully saturated rings. The summed E-state index contributed by atoms with van der Waals surface area (Å²) < 4.78 is 0. The molecule has 0 heterocycles. The van der Waals surface area contributed by atoms with E-state index in [0.717, 1.165) is 5.57 Å². The van der Waals surface area contributed by atoms with Gasteiger partial charge in [0.15, 0.2) is 0 Å². The van der Waals surface area contributed by atoms with Crippen LogP contribution in [0.4, 0.5) is 0 Å². The van der Waals surface area contributed by atoms with Crippen LogP contribution in [0, 0.1) is 0 Å². The summed E-state index contributed by atoms with van der Waals surface area (Å²) in [6.07, 6.45) is 0.512. The molecule has 0 aliphatic rings. The Kier molecular flexibility index (Phi) is 4.74. The van der Waals surface area contributed by atoms with E-state index >= 15 is 0 Å². The highest BCUT2D eigenvalue weighted by molar-refractivity contribution is 5.75. The molecular weight excluding hydrogens is 144 g/mol. The highest BCUT2D eigenvalue weighted by Gasteiger charge is 2.09. The fourth-order valence-electron chi connectivity index (χ4n) is 0.723. The predicted octanol–water partition coefficient (Wildman–Crippen LogP) is 1.79. The lowest BCUT2D eigenvalue weighted by atomic mass is 10.1. The number of rotatable bonds is 5. The highest BCUT2D eigenvalue weighted by Crippen LogP contribution is 2.09. The fraction of sp³-hybridized carbons (Fsp3) is 0.625. The number of carbonyl (C=O) groups excluding carboxylic acids is 1. The first-order valence-corrected chi connectivity index (χ1v) is 3.53. The quantitative estimate of drug-likeness (QED) is 0.377. The molecule has 1 N–H and O–H groups in total. The van der Waals surface area contributed by atoms with Gasteiger partial charge in [-0.15, -0.1) is 0 Å². The summed E-state index contributed by atoms with van der Waals surface area (Å²) in [5, 5.41) is 8.34. The van der Waals surface area contributed by atoms with Crippen molar-refractivity contribution in [2.24, 2.45) is 0 Å². The molecule has 0 aliphatic carbocycles. The van der Waals surface area contributed by atoms with Crippen LogP contribution >= 0.6 is 0 Å². The van der Waals surface area contributed by atoms with Crippen LogP contribution in [-0.2, 0) is 9.68 Å². The third-order valence-electron chi connectivity index (χ3n) is 1.44. The molecule has 0 spiro atoms. The molecule has 0 aromatic carbocycles. The van der Waals surface area contributed by atoms with Crippen molar-refractivity contribution in [2.45, 2.75) is 32.8 Å². The average molecular weight is 158 g/mol. The summed E-state index contributed by atoms with van der Waals surface area (Å²) in [5.74, 6) is 0.0910. The zero-order chi connectivity index (χ0) is 8.85. The first-order valence-electron chi connectivity index (χ1n) is 3.53. The van der Waals surface area contributed by atoms with Gasteiger partial charge in [-0.3, -0.25) is 5.26 Å². The van der Waals surface area contributed by atoms with Crippen LogP contribution < -0.4 is 0 Å². The lowest BCUT2D eigenvalue weighted by Crippen LogP contribution is -2.12. The number of hydrogen-bond acceptors (Lipinski definition) is 3. The topological polar surface area (TPSA) is 46.5 Å². The van der Waals surface area contributed by atoms with E-state index in [0.29, 0.717) is 12.8 Å². The molecule has 0 amide bonds. The average Bonchev–Trinajstić information content (AvgIpc) is 1.87. The lowest BCUT2D eigenvalue weighted by Gasteiger charge is -2.10. The summed E-state index contributed by atoms with van der Waals surface area (Å²) in [7, 11) is 0. The Hall–Kier alpha value is -0.670. The molecule has 0 saturated carbocycles. The minimum Gasteiger partial charge on any atom is -0.300 e. The van der Waals surface area contributed by atoms with Gasteiger partial charge in [-0.2, -0.15) is 0 Å². The van der Waals surface area contributed by atoms with E-state index in [1.807, 2.05) is 0 Å². The van der Waals surface area contributed by atoms with Gasteiger partial charge < -0.3 is 4.79 Å². The van der Waals surface area contributed by atoms with Gasteiger partial charge in [0.1, 0.15) is 11.9 Å². The maximum absolute atomic E-state index is 10.5. The molecule has 3 nitrogen and oxygen atoms in total. The summed E-state index contributed by atoms with van der Waals surface area (Å²) >= 11 is 0. The Labute approximate surface area is 66.6 Å². The van der Waals surface area contributed by atoms with Crippen molar-refractivity contribution >= 4 is 5.78 Å². The number of Topliss-reactive ketones (excluding diaryl/α,β-unsaturated/α-hetero) is 1. The van der Waals surface area contributed by atoms with Crippen molar-refractivity contribution in [3.8, 4) is 0 Å². The summed E-state index contributed by atoms with van der Waals surface area (Å²) in [6, 6.07) is 0. The SMILES string of the molecule is C=C(C)C(CCC(C)=O)OO. The summed E-state index contributed by atoms with van der Waals surface area (Å²) in [5.41, 5.74) is 0.730. The van der Waals surface area contributed by atoms with Crippen LogP contribution in [-0.4, -0.2) is 17.1 Å². The van der Waals surface area contributed by atoms with Crippen molar-refractivity contribution in [1.82, 2.24) is 0 Å². The van der Waals surface area contributed by atoms with Crippen molar-refractivity contribution < 1.29 is 14.9 Å². The second kappa shape index (κ2) is 5.04. The maximum atomic E-state index is 10.5. The van der Waals surface area contributed by atoms with E-state index in [2.05, 4.69) is 11.5 Å². The molecule has 0 saturated heterocycles. The Morgan fingerprint density at radius 2 is 2.18 bits per heavy atom. The van der Waals surface area contributed by atoms with Gasteiger partial charge in [0.25, 0.3) is 0 Å². The van der Waals surface area contributed by atoms with Crippen LogP contribution in [0.2, 0.25) is 0 Å². The van der Waals surface area contributed by atoms with E-state index in [9.17, 15) is 4.79 Å². The molecule has 1 atom stereocenters. The van der Waals surface area contributed by atoms with E-state index in [-0.39, 0.29) is 5.78 Å².